The van der Waals surface area contributed by atoms with E-state index in [-0.39, 0.29) is 11.6 Å². The Morgan fingerprint density at radius 2 is 1.76 bits per heavy atom. The van der Waals surface area contributed by atoms with E-state index in [1.165, 1.54) is 13.8 Å². The summed E-state index contributed by atoms with van der Waals surface area (Å²) in [7, 11) is 0. The first-order chi connectivity index (χ1) is 11.8. The summed E-state index contributed by atoms with van der Waals surface area (Å²) in [4.78, 5) is 35.8. The van der Waals surface area contributed by atoms with Crippen LogP contribution in [0, 0.1) is 0 Å². The molecule has 128 valence electrons. The molecule has 0 radical (unpaired) electrons. The highest BCUT2D eigenvalue weighted by Crippen LogP contribution is 2.41. The summed E-state index contributed by atoms with van der Waals surface area (Å²) in [6.45, 7) is 4.05. The molecule has 6 heteroatoms. The van der Waals surface area contributed by atoms with E-state index >= 15 is 0 Å². The quantitative estimate of drug-likeness (QED) is 0.869. The summed E-state index contributed by atoms with van der Waals surface area (Å²) >= 11 is 0. The monoisotopic (exact) mass is 339 g/mol. The summed E-state index contributed by atoms with van der Waals surface area (Å²) in [5, 5.41) is 4.21. The standard InChI is InChI=1S/C19H17NO5/c1-11(21)20-18-16(24-12(2)22)17(23)19(3,25-18)15-10-6-8-13-7-4-5-9-14(13)15/h4-10H,1-3H3,(H,20,21). The smallest absolute Gasteiger partial charge is 0.308 e. The lowest BCUT2D eigenvalue weighted by atomic mass is 9.87. The summed E-state index contributed by atoms with van der Waals surface area (Å²) < 4.78 is 10.8. The minimum absolute atomic E-state index is 0.150. The fourth-order valence-corrected chi connectivity index (χ4v) is 2.91. The molecule has 1 aliphatic rings. The molecular formula is C19H17NO5. The van der Waals surface area contributed by atoms with Crippen molar-refractivity contribution in [1.82, 2.24) is 5.32 Å². The number of amides is 1. The predicted octanol–water partition coefficient (Wildman–Crippen LogP) is 2.52. The van der Waals surface area contributed by atoms with Crippen molar-refractivity contribution in [3.63, 3.8) is 0 Å². The van der Waals surface area contributed by atoms with Crippen molar-refractivity contribution >= 4 is 28.4 Å². The average molecular weight is 339 g/mol. The zero-order chi connectivity index (χ0) is 18.2. The Balaban J connectivity index is 2.12. The van der Waals surface area contributed by atoms with Crippen LogP contribution in [0.3, 0.4) is 0 Å². The number of hydrogen-bond acceptors (Lipinski definition) is 5. The summed E-state index contributed by atoms with van der Waals surface area (Å²) in [5.41, 5.74) is -0.788. The number of carbonyl (C=O) groups is 3. The first-order valence-electron chi connectivity index (χ1n) is 7.75. The molecular weight excluding hydrogens is 322 g/mol. The minimum atomic E-state index is -1.41. The second-order valence-electron chi connectivity index (χ2n) is 5.92. The summed E-state index contributed by atoms with van der Waals surface area (Å²) in [6.07, 6.45) is 0. The molecule has 3 rings (SSSR count). The normalized spacial score (nSPS) is 19.7. The Kier molecular flexibility index (Phi) is 4.04. The van der Waals surface area contributed by atoms with Crippen molar-refractivity contribution in [3.8, 4) is 0 Å². The maximum absolute atomic E-state index is 13.0. The molecule has 1 unspecified atom stereocenters. The topological polar surface area (TPSA) is 81.7 Å². The molecule has 0 bridgehead atoms. The Labute approximate surface area is 144 Å². The molecule has 0 saturated carbocycles. The Hall–Kier alpha value is -3.15. The van der Waals surface area contributed by atoms with E-state index in [0.29, 0.717) is 5.56 Å². The van der Waals surface area contributed by atoms with Crippen molar-refractivity contribution in [2.45, 2.75) is 26.4 Å². The molecule has 2 aromatic rings. The van der Waals surface area contributed by atoms with Gasteiger partial charge in [0, 0.05) is 19.4 Å². The van der Waals surface area contributed by atoms with Crippen molar-refractivity contribution in [1.29, 1.82) is 0 Å². The fourth-order valence-electron chi connectivity index (χ4n) is 2.91. The maximum Gasteiger partial charge on any atom is 0.308 e. The van der Waals surface area contributed by atoms with Gasteiger partial charge in [-0.3, -0.25) is 19.7 Å². The van der Waals surface area contributed by atoms with Gasteiger partial charge in [0.05, 0.1) is 0 Å². The van der Waals surface area contributed by atoms with E-state index < -0.39 is 23.3 Å². The Morgan fingerprint density at radius 1 is 1.08 bits per heavy atom. The first kappa shape index (κ1) is 16.7. The number of esters is 1. The van der Waals surface area contributed by atoms with Crippen molar-refractivity contribution in [3.05, 3.63) is 59.7 Å². The number of Topliss-reactive ketones (excluding diaryl/α,β-unsaturated/α-hetero) is 1. The van der Waals surface area contributed by atoms with E-state index in [2.05, 4.69) is 5.32 Å². The number of hydrogen-bond donors (Lipinski definition) is 1. The lowest BCUT2D eigenvalue weighted by Gasteiger charge is -2.25. The molecule has 1 amide bonds. The summed E-state index contributed by atoms with van der Waals surface area (Å²) in [5.74, 6) is -2.07. The number of fused-ring (bicyclic) bond motifs is 1. The van der Waals surface area contributed by atoms with Crippen LogP contribution >= 0.6 is 0 Å². The molecule has 1 heterocycles. The van der Waals surface area contributed by atoms with Crippen molar-refractivity contribution < 1.29 is 23.9 Å². The van der Waals surface area contributed by atoms with Gasteiger partial charge in [0.15, 0.2) is 5.60 Å². The second-order valence-corrected chi connectivity index (χ2v) is 5.92. The molecule has 0 aliphatic carbocycles. The van der Waals surface area contributed by atoms with E-state index in [0.717, 1.165) is 10.8 Å². The van der Waals surface area contributed by atoms with Gasteiger partial charge in [-0.05, 0) is 17.7 Å². The van der Waals surface area contributed by atoms with Gasteiger partial charge in [0.2, 0.25) is 17.5 Å². The van der Waals surface area contributed by atoms with Gasteiger partial charge >= 0.3 is 5.97 Å². The van der Waals surface area contributed by atoms with E-state index in [4.69, 9.17) is 9.47 Å². The van der Waals surface area contributed by atoms with Crippen molar-refractivity contribution in [2.75, 3.05) is 0 Å². The van der Waals surface area contributed by atoms with Crippen molar-refractivity contribution in [2.24, 2.45) is 0 Å². The number of rotatable bonds is 3. The average Bonchev–Trinajstić information content (AvgIpc) is 2.78. The largest absolute Gasteiger partial charge is 0.456 e. The molecule has 0 saturated heterocycles. The van der Waals surface area contributed by atoms with Gasteiger partial charge in [0.25, 0.3) is 5.78 Å². The third-order valence-electron chi connectivity index (χ3n) is 3.99. The highest BCUT2D eigenvalue weighted by atomic mass is 16.6. The van der Waals surface area contributed by atoms with Gasteiger partial charge < -0.3 is 9.47 Å². The molecule has 0 aromatic heterocycles. The fraction of sp³-hybridized carbons (Fsp3) is 0.211. The number of carbonyl (C=O) groups excluding carboxylic acids is 3. The summed E-state index contributed by atoms with van der Waals surface area (Å²) in [6, 6.07) is 13.1. The van der Waals surface area contributed by atoms with E-state index in [9.17, 15) is 14.4 Å². The Bertz CT molecular complexity index is 925. The van der Waals surface area contributed by atoms with Gasteiger partial charge in [-0.1, -0.05) is 42.5 Å². The molecule has 2 aromatic carbocycles. The number of benzene rings is 2. The highest BCUT2D eigenvalue weighted by molar-refractivity contribution is 6.07. The zero-order valence-electron chi connectivity index (χ0n) is 14.1. The van der Waals surface area contributed by atoms with Gasteiger partial charge in [-0.25, -0.2) is 0 Å². The zero-order valence-corrected chi connectivity index (χ0v) is 14.1. The molecule has 0 fully saturated rings. The SMILES string of the molecule is CC(=O)NC1=C(OC(C)=O)C(=O)C(C)(c2cccc3ccccc23)O1. The first-order valence-corrected chi connectivity index (χ1v) is 7.75. The lowest BCUT2D eigenvalue weighted by Crippen LogP contribution is -2.32. The van der Waals surface area contributed by atoms with Crippen LogP contribution in [0.5, 0.6) is 0 Å². The van der Waals surface area contributed by atoms with Crippen LogP contribution in [0.4, 0.5) is 0 Å². The van der Waals surface area contributed by atoms with Gasteiger partial charge in [-0.15, -0.1) is 0 Å². The van der Waals surface area contributed by atoms with Crippen LogP contribution in [0.15, 0.2) is 54.1 Å². The van der Waals surface area contributed by atoms with Gasteiger partial charge in [-0.2, -0.15) is 0 Å². The molecule has 6 nitrogen and oxygen atoms in total. The molecule has 0 spiro atoms. The number of ether oxygens (including phenoxy) is 2. The second kappa shape index (κ2) is 6.05. The third-order valence-corrected chi connectivity index (χ3v) is 3.99. The molecule has 1 atom stereocenters. The van der Waals surface area contributed by atoms with Crippen LogP contribution in [-0.2, 0) is 29.5 Å². The third kappa shape index (κ3) is 2.87. The maximum atomic E-state index is 13.0. The van der Waals surface area contributed by atoms with Crippen LogP contribution in [0.1, 0.15) is 26.3 Å². The molecule has 1 aliphatic heterocycles. The lowest BCUT2D eigenvalue weighted by molar-refractivity contribution is -0.142. The van der Waals surface area contributed by atoms with Crippen LogP contribution in [0.25, 0.3) is 10.8 Å². The van der Waals surface area contributed by atoms with Gasteiger partial charge in [0.1, 0.15) is 0 Å². The number of nitrogens with one attached hydrogen (secondary N) is 1. The van der Waals surface area contributed by atoms with Crippen LogP contribution in [0.2, 0.25) is 0 Å². The molecule has 1 N–H and O–H groups in total. The van der Waals surface area contributed by atoms with Crippen LogP contribution in [-0.4, -0.2) is 17.7 Å². The Morgan fingerprint density at radius 3 is 2.44 bits per heavy atom. The van der Waals surface area contributed by atoms with Crippen LogP contribution < -0.4 is 5.32 Å². The van der Waals surface area contributed by atoms with E-state index in [1.807, 2.05) is 36.4 Å². The molecule has 25 heavy (non-hydrogen) atoms. The highest BCUT2D eigenvalue weighted by Gasteiger charge is 2.50. The minimum Gasteiger partial charge on any atom is -0.456 e. The number of ketones is 1. The van der Waals surface area contributed by atoms with E-state index in [1.54, 1.807) is 13.0 Å². The predicted molar refractivity (Wildman–Crippen MR) is 90.0 cm³/mol.